The second-order valence-corrected chi connectivity index (χ2v) is 5.00. The molecule has 0 bridgehead atoms. The van der Waals surface area contributed by atoms with Crippen LogP contribution in [0.25, 0.3) is 0 Å². The molecule has 5 heteroatoms. The fraction of sp³-hybridized carbons (Fsp3) is 0.143. The van der Waals surface area contributed by atoms with Gasteiger partial charge in [0.2, 0.25) is 0 Å². The zero-order valence-electron chi connectivity index (χ0n) is 10.6. The van der Waals surface area contributed by atoms with Gasteiger partial charge in [0.25, 0.3) is 5.91 Å². The maximum Gasteiger partial charge on any atom is 0.274 e. The molecule has 1 aromatic carbocycles. The first kappa shape index (κ1) is 13.5. The predicted octanol–water partition coefficient (Wildman–Crippen LogP) is 3.42. The van der Waals surface area contributed by atoms with Gasteiger partial charge < -0.3 is 4.42 Å². The van der Waals surface area contributed by atoms with Crippen LogP contribution in [0.2, 0.25) is 0 Å². The Bertz CT molecular complexity index is 632. The van der Waals surface area contributed by atoms with Crippen LogP contribution in [0.15, 0.2) is 44.3 Å². The van der Waals surface area contributed by atoms with Crippen LogP contribution in [0.3, 0.4) is 0 Å². The van der Waals surface area contributed by atoms with Crippen LogP contribution in [-0.4, -0.2) is 12.1 Å². The molecule has 0 spiro atoms. The number of hydrogen-bond donors (Lipinski definition) is 1. The number of hydrogen-bond acceptors (Lipinski definition) is 3. The third-order valence-corrected chi connectivity index (χ3v) is 3.01. The van der Waals surface area contributed by atoms with Crippen molar-refractivity contribution in [1.82, 2.24) is 5.43 Å². The highest BCUT2D eigenvalue weighted by Gasteiger charge is 2.12. The number of amides is 1. The van der Waals surface area contributed by atoms with Crippen LogP contribution in [0.1, 0.15) is 27.4 Å². The lowest BCUT2D eigenvalue weighted by Gasteiger charge is -1.97. The van der Waals surface area contributed by atoms with E-state index in [-0.39, 0.29) is 5.91 Å². The molecule has 1 amide bonds. The summed E-state index contributed by atoms with van der Waals surface area (Å²) in [5, 5.41) is 3.92. The highest BCUT2D eigenvalue weighted by molar-refractivity contribution is 9.10. The van der Waals surface area contributed by atoms with Gasteiger partial charge in [0, 0.05) is 4.47 Å². The largest absolute Gasteiger partial charge is 0.466 e. The number of hydrazone groups is 1. The first-order valence-corrected chi connectivity index (χ1v) is 6.51. The molecule has 0 atom stereocenters. The van der Waals surface area contributed by atoms with E-state index >= 15 is 0 Å². The lowest BCUT2D eigenvalue weighted by atomic mass is 10.2. The second-order valence-electron chi connectivity index (χ2n) is 4.08. The molecule has 0 aliphatic heterocycles. The molecule has 0 unspecified atom stereocenters. The van der Waals surface area contributed by atoms with Gasteiger partial charge in [-0.05, 0) is 37.6 Å². The van der Waals surface area contributed by atoms with Gasteiger partial charge in [-0.25, -0.2) is 5.43 Å². The van der Waals surface area contributed by atoms with E-state index in [0.717, 1.165) is 10.0 Å². The fourth-order valence-corrected chi connectivity index (χ4v) is 2.09. The molecule has 1 N–H and O–H groups in total. The summed E-state index contributed by atoms with van der Waals surface area (Å²) in [6.07, 6.45) is 1.59. The lowest BCUT2D eigenvalue weighted by Crippen LogP contribution is -2.17. The molecular weight excluding hydrogens is 308 g/mol. The van der Waals surface area contributed by atoms with Gasteiger partial charge in [-0.1, -0.05) is 28.1 Å². The minimum Gasteiger partial charge on any atom is -0.466 e. The van der Waals surface area contributed by atoms with E-state index in [1.165, 1.54) is 0 Å². The van der Waals surface area contributed by atoms with Crippen molar-refractivity contribution in [2.24, 2.45) is 5.10 Å². The van der Waals surface area contributed by atoms with Crippen molar-refractivity contribution >= 4 is 28.1 Å². The smallest absolute Gasteiger partial charge is 0.274 e. The Morgan fingerprint density at radius 2 is 2.16 bits per heavy atom. The molecule has 0 radical (unpaired) electrons. The predicted molar refractivity (Wildman–Crippen MR) is 77.4 cm³/mol. The Hall–Kier alpha value is -1.88. The molecule has 4 nitrogen and oxygen atoms in total. The first-order chi connectivity index (χ1) is 9.06. The number of rotatable bonds is 3. The summed E-state index contributed by atoms with van der Waals surface area (Å²) in [7, 11) is 0. The van der Waals surface area contributed by atoms with Crippen molar-refractivity contribution in [3.63, 3.8) is 0 Å². The summed E-state index contributed by atoms with van der Waals surface area (Å²) >= 11 is 3.37. The number of nitrogens with zero attached hydrogens (tertiary/aromatic N) is 1. The number of nitrogens with one attached hydrogen (secondary N) is 1. The van der Waals surface area contributed by atoms with E-state index in [2.05, 4.69) is 26.5 Å². The van der Waals surface area contributed by atoms with Crippen molar-refractivity contribution in [2.45, 2.75) is 13.8 Å². The Morgan fingerprint density at radius 3 is 2.79 bits per heavy atom. The molecule has 0 aliphatic carbocycles. The number of carbonyl (C=O) groups excluding carboxylic acids is 1. The summed E-state index contributed by atoms with van der Waals surface area (Å²) in [6.45, 7) is 3.55. The zero-order chi connectivity index (χ0) is 13.8. The van der Waals surface area contributed by atoms with E-state index in [9.17, 15) is 4.79 Å². The Kier molecular flexibility index (Phi) is 4.16. The Morgan fingerprint density at radius 1 is 1.37 bits per heavy atom. The van der Waals surface area contributed by atoms with Gasteiger partial charge in [-0.3, -0.25) is 4.79 Å². The lowest BCUT2D eigenvalue weighted by molar-refractivity contribution is 0.0953. The number of halogens is 1. The number of aryl methyl sites for hydroxylation is 2. The van der Waals surface area contributed by atoms with Gasteiger partial charge >= 0.3 is 0 Å². The number of furan rings is 1. The zero-order valence-corrected chi connectivity index (χ0v) is 12.2. The molecule has 0 aliphatic rings. The minimum atomic E-state index is -0.277. The molecule has 2 aromatic rings. The molecule has 0 saturated carbocycles. The molecule has 0 fully saturated rings. The normalized spacial score (nSPS) is 10.9. The number of benzene rings is 1. The van der Waals surface area contributed by atoms with E-state index in [1.807, 2.05) is 24.3 Å². The third-order valence-electron chi connectivity index (χ3n) is 2.51. The van der Waals surface area contributed by atoms with Gasteiger partial charge in [-0.15, -0.1) is 0 Å². The van der Waals surface area contributed by atoms with Crippen LogP contribution in [0, 0.1) is 13.8 Å². The van der Waals surface area contributed by atoms with E-state index in [4.69, 9.17) is 4.42 Å². The van der Waals surface area contributed by atoms with Crippen molar-refractivity contribution in [3.8, 4) is 0 Å². The van der Waals surface area contributed by atoms with Crippen molar-refractivity contribution in [2.75, 3.05) is 0 Å². The van der Waals surface area contributed by atoms with Gasteiger partial charge in [0.1, 0.15) is 11.5 Å². The minimum absolute atomic E-state index is 0.277. The fourth-order valence-electron chi connectivity index (χ4n) is 1.67. The molecule has 2 rings (SSSR count). The van der Waals surface area contributed by atoms with Crippen LogP contribution in [-0.2, 0) is 0 Å². The quantitative estimate of drug-likeness (QED) is 0.696. The molecule has 1 aromatic heterocycles. The van der Waals surface area contributed by atoms with Gasteiger partial charge in [-0.2, -0.15) is 5.10 Å². The van der Waals surface area contributed by atoms with Gasteiger partial charge in [0.15, 0.2) is 0 Å². The van der Waals surface area contributed by atoms with Crippen molar-refractivity contribution < 1.29 is 9.21 Å². The van der Waals surface area contributed by atoms with Crippen molar-refractivity contribution in [1.29, 1.82) is 0 Å². The Balaban J connectivity index is 2.03. The van der Waals surface area contributed by atoms with Crippen LogP contribution in [0.4, 0.5) is 0 Å². The molecular formula is C14H13BrN2O2. The van der Waals surface area contributed by atoms with Crippen LogP contribution >= 0.6 is 15.9 Å². The first-order valence-electron chi connectivity index (χ1n) is 5.72. The summed E-state index contributed by atoms with van der Waals surface area (Å²) < 4.78 is 6.26. The molecule has 0 saturated heterocycles. The summed E-state index contributed by atoms with van der Waals surface area (Å²) in [5.74, 6) is 1.02. The summed E-state index contributed by atoms with van der Waals surface area (Å²) in [5.41, 5.74) is 3.88. The summed E-state index contributed by atoms with van der Waals surface area (Å²) in [6, 6.07) is 9.32. The highest BCUT2D eigenvalue weighted by Crippen LogP contribution is 2.13. The van der Waals surface area contributed by atoms with E-state index in [0.29, 0.717) is 17.1 Å². The summed E-state index contributed by atoms with van der Waals surface area (Å²) in [4.78, 5) is 11.8. The Labute approximate surface area is 119 Å². The maximum atomic E-state index is 11.8. The average molecular weight is 321 g/mol. The van der Waals surface area contributed by atoms with Crippen LogP contribution in [0.5, 0.6) is 0 Å². The second kappa shape index (κ2) is 5.84. The molecule has 19 heavy (non-hydrogen) atoms. The van der Waals surface area contributed by atoms with E-state index < -0.39 is 0 Å². The maximum absolute atomic E-state index is 11.8. The van der Waals surface area contributed by atoms with E-state index in [1.54, 1.807) is 26.1 Å². The highest BCUT2D eigenvalue weighted by atomic mass is 79.9. The topological polar surface area (TPSA) is 54.6 Å². The molecule has 1 heterocycles. The average Bonchev–Trinajstić information content (AvgIpc) is 2.68. The van der Waals surface area contributed by atoms with Crippen molar-refractivity contribution in [3.05, 3.63) is 57.5 Å². The van der Waals surface area contributed by atoms with Crippen LogP contribution < -0.4 is 5.43 Å². The third kappa shape index (κ3) is 3.54. The van der Waals surface area contributed by atoms with Gasteiger partial charge in [0.05, 0.1) is 11.8 Å². The SMILES string of the molecule is Cc1cc(C(=O)NN=Cc2cccc(Br)c2)c(C)o1. The monoisotopic (exact) mass is 320 g/mol. The molecule has 98 valence electrons. The number of carbonyl (C=O) groups is 1. The standard InChI is InChI=1S/C14H13BrN2O2/c1-9-6-13(10(2)19-9)14(18)17-16-8-11-4-3-5-12(15)7-11/h3-8H,1-2H3,(H,17,18).